The summed E-state index contributed by atoms with van der Waals surface area (Å²) in [6, 6.07) is 2.68. The molecule has 0 saturated heterocycles. The Morgan fingerprint density at radius 2 is 2.50 bits per heavy atom. The Labute approximate surface area is 76.1 Å². The van der Waals surface area contributed by atoms with Crippen LogP contribution >= 0.6 is 11.5 Å². The van der Waals surface area contributed by atoms with Crippen molar-refractivity contribution in [2.24, 2.45) is 0 Å². The van der Waals surface area contributed by atoms with Crippen LogP contribution in [0.15, 0.2) is 6.07 Å². The molecule has 1 heterocycles. The monoisotopic (exact) mass is 183 g/mol. The minimum absolute atomic E-state index is 0.644. The molecule has 1 aliphatic rings. The maximum absolute atomic E-state index is 5.50. The fraction of sp³-hybridized carbons (Fsp3) is 0.625. The van der Waals surface area contributed by atoms with Gasteiger partial charge >= 0.3 is 0 Å². The highest BCUT2D eigenvalue weighted by atomic mass is 32.1. The summed E-state index contributed by atoms with van der Waals surface area (Å²) in [5, 5.41) is 3.46. The van der Waals surface area contributed by atoms with E-state index in [-0.39, 0.29) is 0 Å². The average Bonchev–Trinajstić information content (AvgIpc) is 2.32. The quantitative estimate of drug-likeness (QED) is 0.744. The minimum atomic E-state index is 0.644. The summed E-state index contributed by atoms with van der Waals surface area (Å²) in [5.74, 6) is 0.644. The van der Waals surface area contributed by atoms with E-state index >= 15 is 0 Å². The van der Waals surface area contributed by atoms with Crippen LogP contribution in [0, 0.1) is 0 Å². The van der Waals surface area contributed by atoms with Gasteiger partial charge in [-0.25, -0.2) is 0 Å². The largest absolute Gasteiger partial charge is 0.383 e. The van der Waals surface area contributed by atoms with E-state index in [1.807, 2.05) is 6.07 Å². The molecule has 4 heteroatoms. The molecule has 0 aliphatic heterocycles. The Balaban J connectivity index is 1.79. The van der Waals surface area contributed by atoms with Crippen molar-refractivity contribution in [1.82, 2.24) is 9.69 Å². The molecule has 66 valence electrons. The third-order valence-electron chi connectivity index (χ3n) is 2.25. The van der Waals surface area contributed by atoms with Crippen LogP contribution in [-0.2, 0) is 6.54 Å². The van der Waals surface area contributed by atoms with E-state index in [2.05, 4.69) is 9.69 Å². The zero-order valence-electron chi connectivity index (χ0n) is 6.92. The molecule has 0 bridgehead atoms. The first-order valence-electron chi connectivity index (χ1n) is 4.29. The second-order valence-electron chi connectivity index (χ2n) is 3.23. The number of nitrogens with one attached hydrogen (secondary N) is 1. The van der Waals surface area contributed by atoms with Gasteiger partial charge in [0.15, 0.2) is 0 Å². The smallest absolute Gasteiger partial charge is 0.137 e. The van der Waals surface area contributed by atoms with Gasteiger partial charge in [-0.05, 0) is 30.4 Å². The normalized spacial score (nSPS) is 17.7. The van der Waals surface area contributed by atoms with Crippen LogP contribution in [0.4, 0.5) is 5.82 Å². The summed E-state index contributed by atoms with van der Waals surface area (Å²) in [7, 11) is 0. The number of hydrogen-bond donors (Lipinski definition) is 2. The van der Waals surface area contributed by atoms with Gasteiger partial charge in [0.05, 0.1) is 0 Å². The molecule has 1 saturated carbocycles. The van der Waals surface area contributed by atoms with Gasteiger partial charge in [0, 0.05) is 17.5 Å². The molecule has 12 heavy (non-hydrogen) atoms. The third-order valence-corrected chi connectivity index (χ3v) is 3.05. The van der Waals surface area contributed by atoms with Gasteiger partial charge in [-0.3, -0.25) is 0 Å². The first kappa shape index (κ1) is 8.01. The molecule has 1 aromatic heterocycles. The Morgan fingerprint density at radius 3 is 3.00 bits per heavy atom. The molecule has 2 rings (SSSR count). The Kier molecular flexibility index (Phi) is 2.28. The maximum atomic E-state index is 5.50. The molecule has 1 aliphatic carbocycles. The third kappa shape index (κ3) is 1.76. The van der Waals surface area contributed by atoms with E-state index in [1.54, 1.807) is 0 Å². The highest BCUT2D eigenvalue weighted by molar-refractivity contribution is 7.06. The molecule has 0 aromatic carbocycles. The molecule has 3 N–H and O–H groups in total. The number of nitrogen functional groups attached to an aromatic ring is 1. The van der Waals surface area contributed by atoms with E-state index in [4.69, 9.17) is 5.73 Å². The number of hydrogen-bond acceptors (Lipinski definition) is 4. The van der Waals surface area contributed by atoms with E-state index in [0.717, 1.165) is 12.6 Å². The van der Waals surface area contributed by atoms with Crippen LogP contribution in [0.3, 0.4) is 0 Å². The van der Waals surface area contributed by atoms with Gasteiger partial charge in [0.1, 0.15) is 5.82 Å². The molecule has 0 radical (unpaired) electrons. The summed E-state index contributed by atoms with van der Waals surface area (Å²) >= 11 is 1.49. The van der Waals surface area contributed by atoms with Crippen molar-refractivity contribution in [3.8, 4) is 0 Å². The second-order valence-corrected chi connectivity index (χ2v) is 4.12. The van der Waals surface area contributed by atoms with E-state index in [9.17, 15) is 0 Å². The van der Waals surface area contributed by atoms with Crippen molar-refractivity contribution in [3.63, 3.8) is 0 Å². The van der Waals surface area contributed by atoms with Crippen molar-refractivity contribution in [3.05, 3.63) is 10.9 Å². The molecule has 1 fully saturated rings. The fourth-order valence-corrected chi connectivity index (χ4v) is 1.87. The van der Waals surface area contributed by atoms with Gasteiger partial charge in [-0.1, -0.05) is 6.42 Å². The Morgan fingerprint density at radius 1 is 1.67 bits per heavy atom. The maximum Gasteiger partial charge on any atom is 0.137 e. The summed E-state index contributed by atoms with van der Waals surface area (Å²) in [4.78, 5) is 1.24. The molecular weight excluding hydrogens is 170 g/mol. The molecule has 0 atom stereocenters. The van der Waals surface area contributed by atoms with Crippen molar-refractivity contribution in [2.75, 3.05) is 5.73 Å². The molecule has 0 unspecified atom stereocenters. The summed E-state index contributed by atoms with van der Waals surface area (Å²) in [6.07, 6.45) is 4.03. The SMILES string of the molecule is Nc1cc(CNC2CCC2)sn1. The van der Waals surface area contributed by atoms with Crippen LogP contribution in [-0.4, -0.2) is 10.4 Å². The molecule has 0 amide bonds. The molecule has 3 nitrogen and oxygen atoms in total. The number of nitrogens with zero attached hydrogens (tertiary/aromatic N) is 1. The van der Waals surface area contributed by atoms with E-state index in [1.165, 1.54) is 35.7 Å². The van der Waals surface area contributed by atoms with Crippen molar-refractivity contribution in [1.29, 1.82) is 0 Å². The standard InChI is InChI=1S/C8H13N3S/c9-8-4-7(12-11-8)5-10-6-2-1-3-6/h4,6,10H,1-3,5H2,(H2,9,11). The number of nitrogens with two attached hydrogens (primary N) is 1. The summed E-state index contributed by atoms with van der Waals surface area (Å²) < 4.78 is 4.02. The number of aromatic nitrogens is 1. The zero-order chi connectivity index (χ0) is 8.39. The van der Waals surface area contributed by atoms with Crippen LogP contribution in [0.1, 0.15) is 24.1 Å². The lowest BCUT2D eigenvalue weighted by molar-refractivity contribution is 0.339. The van der Waals surface area contributed by atoms with Crippen LogP contribution in [0.2, 0.25) is 0 Å². The first-order chi connectivity index (χ1) is 5.84. The van der Waals surface area contributed by atoms with Gasteiger partial charge in [0.25, 0.3) is 0 Å². The lowest BCUT2D eigenvalue weighted by Gasteiger charge is -2.26. The predicted molar refractivity (Wildman–Crippen MR) is 51.0 cm³/mol. The summed E-state index contributed by atoms with van der Waals surface area (Å²) in [6.45, 7) is 0.930. The van der Waals surface area contributed by atoms with Crippen molar-refractivity contribution < 1.29 is 0 Å². The van der Waals surface area contributed by atoms with Gasteiger partial charge < -0.3 is 11.1 Å². The summed E-state index contributed by atoms with van der Waals surface area (Å²) in [5.41, 5.74) is 5.50. The second kappa shape index (κ2) is 3.41. The lowest BCUT2D eigenvalue weighted by Crippen LogP contribution is -2.34. The molecule has 1 aromatic rings. The van der Waals surface area contributed by atoms with Crippen molar-refractivity contribution >= 4 is 17.4 Å². The van der Waals surface area contributed by atoms with E-state index < -0.39 is 0 Å². The topological polar surface area (TPSA) is 50.9 Å². The lowest BCUT2D eigenvalue weighted by atomic mass is 9.93. The first-order valence-corrected chi connectivity index (χ1v) is 5.06. The van der Waals surface area contributed by atoms with Gasteiger partial charge in [-0.2, -0.15) is 4.37 Å². The predicted octanol–water partition coefficient (Wildman–Crippen LogP) is 1.37. The molecule has 0 spiro atoms. The average molecular weight is 183 g/mol. The number of rotatable bonds is 3. The highest BCUT2D eigenvalue weighted by Gasteiger charge is 2.16. The Hall–Kier alpha value is -0.610. The van der Waals surface area contributed by atoms with E-state index in [0.29, 0.717) is 5.82 Å². The van der Waals surface area contributed by atoms with Gasteiger partial charge in [0.2, 0.25) is 0 Å². The van der Waals surface area contributed by atoms with Gasteiger partial charge in [-0.15, -0.1) is 0 Å². The van der Waals surface area contributed by atoms with Crippen LogP contribution < -0.4 is 11.1 Å². The van der Waals surface area contributed by atoms with Crippen LogP contribution in [0.25, 0.3) is 0 Å². The van der Waals surface area contributed by atoms with Crippen LogP contribution in [0.5, 0.6) is 0 Å². The fourth-order valence-electron chi connectivity index (χ4n) is 1.27. The highest BCUT2D eigenvalue weighted by Crippen LogP contribution is 2.19. The zero-order valence-corrected chi connectivity index (χ0v) is 7.73. The Bertz CT molecular complexity index is 255. The molecular formula is C8H13N3S. The minimum Gasteiger partial charge on any atom is -0.383 e. The van der Waals surface area contributed by atoms with Crippen molar-refractivity contribution in [2.45, 2.75) is 31.8 Å². The number of anilines is 1.